The molecule has 0 amide bonds. The maximum absolute atomic E-state index is 13.6. The normalized spacial score (nSPS) is 10.4. The zero-order valence-corrected chi connectivity index (χ0v) is 11.4. The molecule has 0 aliphatic rings. The summed E-state index contributed by atoms with van der Waals surface area (Å²) in [6.45, 7) is 2.48. The van der Waals surface area contributed by atoms with Gasteiger partial charge in [-0.05, 0) is 31.4 Å². The molecule has 0 spiro atoms. The Morgan fingerprint density at radius 1 is 1.17 bits per heavy atom. The van der Waals surface area contributed by atoms with Crippen LogP contribution in [0.1, 0.15) is 11.1 Å². The number of rotatable bonds is 4. The molecule has 0 saturated carbocycles. The van der Waals surface area contributed by atoms with E-state index >= 15 is 0 Å². The monoisotopic (exact) mass is 261 g/mol. The summed E-state index contributed by atoms with van der Waals surface area (Å²) >= 11 is 1.68. The summed E-state index contributed by atoms with van der Waals surface area (Å²) in [6, 6.07) is 13.2. The molecule has 0 fully saturated rings. The molecule has 0 aliphatic carbocycles. The Bertz CT molecular complexity index is 540. The van der Waals surface area contributed by atoms with Crippen molar-refractivity contribution in [1.29, 1.82) is 0 Å². The predicted molar refractivity (Wildman–Crippen MR) is 76.7 cm³/mol. The van der Waals surface area contributed by atoms with Crippen molar-refractivity contribution < 1.29 is 4.39 Å². The molecule has 0 bridgehead atoms. The molecule has 0 atom stereocenters. The minimum Gasteiger partial charge on any atom is -0.380 e. The largest absolute Gasteiger partial charge is 0.380 e. The Morgan fingerprint density at radius 3 is 2.72 bits per heavy atom. The van der Waals surface area contributed by atoms with Gasteiger partial charge in [-0.15, -0.1) is 11.8 Å². The van der Waals surface area contributed by atoms with Crippen LogP contribution in [0.25, 0.3) is 0 Å². The Kier molecular flexibility index (Phi) is 4.26. The summed E-state index contributed by atoms with van der Waals surface area (Å²) in [7, 11) is 0. The molecule has 0 heterocycles. The average molecular weight is 261 g/mol. The fourth-order valence-corrected chi connectivity index (χ4v) is 2.39. The zero-order chi connectivity index (χ0) is 13.0. The first kappa shape index (κ1) is 13.0. The number of hydrogen-bond donors (Lipinski definition) is 1. The molecular weight excluding hydrogens is 245 g/mol. The number of hydrogen-bond acceptors (Lipinski definition) is 2. The standard InChI is InChI=1S/C15H16FNS/c1-11-7-8-13(16)12(9-11)10-17-14-5-3-4-6-15(14)18-2/h3-9,17H,10H2,1-2H3. The van der Waals surface area contributed by atoms with Crippen LogP contribution in [0.3, 0.4) is 0 Å². The molecule has 0 saturated heterocycles. The average Bonchev–Trinajstić information content (AvgIpc) is 2.40. The van der Waals surface area contributed by atoms with E-state index in [-0.39, 0.29) is 5.82 Å². The first-order chi connectivity index (χ1) is 8.70. The highest BCUT2D eigenvalue weighted by molar-refractivity contribution is 7.98. The summed E-state index contributed by atoms with van der Waals surface area (Å²) in [6.07, 6.45) is 2.04. The van der Waals surface area contributed by atoms with Crippen LogP contribution in [0.5, 0.6) is 0 Å². The number of thioether (sulfide) groups is 1. The van der Waals surface area contributed by atoms with Gasteiger partial charge >= 0.3 is 0 Å². The van der Waals surface area contributed by atoms with E-state index in [9.17, 15) is 4.39 Å². The lowest BCUT2D eigenvalue weighted by Gasteiger charge is -2.11. The van der Waals surface area contributed by atoms with Gasteiger partial charge in [0.05, 0.1) is 0 Å². The predicted octanol–water partition coefficient (Wildman–Crippen LogP) is 4.47. The number of anilines is 1. The molecule has 0 aromatic heterocycles. The molecule has 94 valence electrons. The van der Waals surface area contributed by atoms with Gasteiger partial charge in [-0.1, -0.05) is 29.8 Å². The van der Waals surface area contributed by atoms with Gasteiger partial charge in [0.2, 0.25) is 0 Å². The highest BCUT2D eigenvalue weighted by Crippen LogP contribution is 2.25. The van der Waals surface area contributed by atoms with Crippen molar-refractivity contribution in [3.63, 3.8) is 0 Å². The second kappa shape index (κ2) is 5.91. The van der Waals surface area contributed by atoms with Gasteiger partial charge in [-0.3, -0.25) is 0 Å². The lowest BCUT2D eigenvalue weighted by atomic mass is 10.1. The Labute approximate surface area is 111 Å². The number of benzene rings is 2. The third-order valence-corrected chi connectivity index (χ3v) is 3.57. The van der Waals surface area contributed by atoms with Crippen LogP contribution >= 0.6 is 11.8 Å². The van der Waals surface area contributed by atoms with Crippen LogP contribution in [0.2, 0.25) is 0 Å². The molecule has 0 radical (unpaired) electrons. The second-order valence-electron chi connectivity index (χ2n) is 4.15. The first-order valence-corrected chi connectivity index (χ1v) is 7.05. The van der Waals surface area contributed by atoms with Crippen molar-refractivity contribution in [1.82, 2.24) is 0 Å². The smallest absolute Gasteiger partial charge is 0.128 e. The van der Waals surface area contributed by atoms with Crippen molar-refractivity contribution in [2.75, 3.05) is 11.6 Å². The molecule has 1 nitrogen and oxygen atoms in total. The summed E-state index contributed by atoms with van der Waals surface area (Å²) in [4.78, 5) is 1.17. The van der Waals surface area contributed by atoms with Crippen LogP contribution in [-0.4, -0.2) is 6.26 Å². The van der Waals surface area contributed by atoms with Gasteiger partial charge in [0.1, 0.15) is 5.82 Å². The van der Waals surface area contributed by atoms with Crippen LogP contribution < -0.4 is 5.32 Å². The summed E-state index contributed by atoms with van der Waals surface area (Å²) in [5, 5.41) is 3.29. The minimum absolute atomic E-state index is 0.158. The molecule has 2 aromatic rings. The molecule has 1 N–H and O–H groups in total. The van der Waals surface area contributed by atoms with E-state index in [1.54, 1.807) is 17.8 Å². The maximum atomic E-state index is 13.6. The van der Waals surface area contributed by atoms with Crippen LogP contribution in [0.15, 0.2) is 47.4 Å². The molecule has 0 unspecified atom stereocenters. The molecule has 0 aliphatic heterocycles. The summed E-state index contributed by atoms with van der Waals surface area (Å²) in [5.41, 5.74) is 2.82. The Balaban J connectivity index is 2.14. The van der Waals surface area contributed by atoms with E-state index in [1.807, 2.05) is 37.4 Å². The van der Waals surface area contributed by atoms with Gasteiger partial charge in [-0.2, -0.15) is 0 Å². The highest BCUT2D eigenvalue weighted by atomic mass is 32.2. The third-order valence-electron chi connectivity index (χ3n) is 2.78. The summed E-state index contributed by atoms with van der Waals surface area (Å²) < 4.78 is 13.6. The fourth-order valence-electron chi connectivity index (χ4n) is 1.82. The Morgan fingerprint density at radius 2 is 1.94 bits per heavy atom. The number of halogens is 1. The van der Waals surface area contributed by atoms with Crippen molar-refractivity contribution in [3.05, 3.63) is 59.4 Å². The van der Waals surface area contributed by atoms with E-state index < -0.39 is 0 Å². The van der Waals surface area contributed by atoms with Crippen molar-refractivity contribution in [2.24, 2.45) is 0 Å². The van der Waals surface area contributed by atoms with E-state index in [0.29, 0.717) is 12.1 Å². The second-order valence-corrected chi connectivity index (χ2v) is 5.00. The number of nitrogens with one attached hydrogen (secondary N) is 1. The van der Waals surface area contributed by atoms with Crippen molar-refractivity contribution in [2.45, 2.75) is 18.4 Å². The number of aryl methyl sites for hydroxylation is 1. The fraction of sp³-hybridized carbons (Fsp3) is 0.200. The van der Waals surface area contributed by atoms with Crippen molar-refractivity contribution >= 4 is 17.4 Å². The zero-order valence-electron chi connectivity index (χ0n) is 10.5. The van der Waals surface area contributed by atoms with Gasteiger partial charge in [0.25, 0.3) is 0 Å². The van der Waals surface area contributed by atoms with Gasteiger partial charge in [0, 0.05) is 22.7 Å². The van der Waals surface area contributed by atoms with E-state index in [1.165, 1.54) is 11.0 Å². The summed E-state index contributed by atoms with van der Waals surface area (Å²) in [5.74, 6) is -0.158. The molecule has 2 rings (SSSR count). The highest BCUT2D eigenvalue weighted by Gasteiger charge is 2.04. The molecule has 3 heteroatoms. The third kappa shape index (κ3) is 3.05. The molecular formula is C15H16FNS. The molecule has 18 heavy (non-hydrogen) atoms. The minimum atomic E-state index is -0.158. The van der Waals surface area contributed by atoms with Crippen LogP contribution in [0, 0.1) is 12.7 Å². The quantitative estimate of drug-likeness (QED) is 0.815. The van der Waals surface area contributed by atoms with E-state index in [4.69, 9.17) is 0 Å². The van der Waals surface area contributed by atoms with E-state index in [2.05, 4.69) is 11.4 Å². The first-order valence-electron chi connectivity index (χ1n) is 5.82. The molecule has 2 aromatic carbocycles. The SMILES string of the molecule is CSc1ccccc1NCc1cc(C)ccc1F. The lowest BCUT2D eigenvalue weighted by Crippen LogP contribution is -2.03. The van der Waals surface area contributed by atoms with Crippen LogP contribution in [-0.2, 0) is 6.54 Å². The van der Waals surface area contributed by atoms with Gasteiger partial charge in [-0.25, -0.2) is 4.39 Å². The van der Waals surface area contributed by atoms with Gasteiger partial charge < -0.3 is 5.32 Å². The maximum Gasteiger partial charge on any atom is 0.128 e. The number of para-hydroxylation sites is 1. The van der Waals surface area contributed by atoms with Crippen LogP contribution in [0.4, 0.5) is 10.1 Å². The van der Waals surface area contributed by atoms with E-state index in [0.717, 1.165) is 11.3 Å². The lowest BCUT2D eigenvalue weighted by molar-refractivity contribution is 0.612. The van der Waals surface area contributed by atoms with Gasteiger partial charge in [0.15, 0.2) is 0 Å². The van der Waals surface area contributed by atoms with Crippen molar-refractivity contribution in [3.8, 4) is 0 Å². The Hall–Kier alpha value is -1.48. The topological polar surface area (TPSA) is 12.0 Å².